The highest BCUT2D eigenvalue weighted by atomic mass is 28.3. The van der Waals surface area contributed by atoms with Gasteiger partial charge >= 0.3 is 5.97 Å². The molecule has 1 amide bonds. The van der Waals surface area contributed by atoms with E-state index in [9.17, 15) is 9.59 Å². The average molecular weight is 513 g/mol. The van der Waals surface area contributed by atoms with Gasteiger partial charge in [-0.25, -0.2) is 9.97 Å². The number of aromatic nitrogens is 3. The number of hydrogen-bond donors (Lipinski definition) is 2. The van der Waals surface area contributed by atoms with Crippen molar-refractivity contribution in [3.63, 3.8) is 0 Å². The molecular formula is C25H32N4O6Si. The summed E-state index contributed by atoms with van der Waals surface area (Å²) >= 11 is 0. The van der Waals surface area contributed by atoms with Crippen molar-refractivity contribution in [3.8, 4) is 22.8 Å². The summed E-state index contributed by atoms with van der Waals surface area (Å²) in [7, 11) is 1.89. The minimum atomic E-state index is -1.25. The molecule has 36 heavy (non-hydrogen) atoms. The fourth-order valence-electron chi connectivity index (χ4n) is 4.05. The van der Waals surface area contributed by atoms with Crippen LogP contribution < -0.4 is 14.8 Å². The molecule has 0 radical (unpaired) electrons. The third-order valence-electron chi connectivity index (χ3n) is 6.21. The number of nitrogens with one attached hydrogen (secondary N) is 1. The number of carbonyl (C=O) groups is 2. The van der Waals surface area contributed by atoms with Gasteiger partial charge in [0.2, 0.25) is 11.8 Å². The van der Waals surface area contributed by atoms with Crippen molar-refractivity contribution in [2.45, 2.75) is 38.8 Å². The van der Waals surface area contributed by atoms with Crippen LogP contribution in [0.4, 0.5) is 5.82 Å². The summed E-state index contributed by atoms with van der Waals surface area (Å²) in [4.78, 5) is 32.7. The first-order valence-corrected chi connectivity index (χ1v) is 15.5. The molecule has 0 saturated heterocycles. The van der Waals surface area contributed by atoms with Crippen LogP contribution in [0.25, 0.3) is 22.2 Å². The van der Waals surface area contributed by atoms with E-state index < -0.39 is 25.9 Å². The van der Waals surface area contributed by atoms with Crippen LogP contribution in [-0.4, -0.2) is 60.4 Å². The summed E-state index contributed by atoms with van der Waals surface area (Å²) in [6.45, 7) is 7.81. The standard InChI is InChI=1S/C25H32N4O6Si/c1-33-19-8-9-26-24(34-2)21(19)18-13-29(14-35-10-11-36(3,4)5)22-15(18)6-7-20(27-22)28-23(30)16-12-17(16)25(31)32/h6-9,13,16-17H,10-12,14H2,1-5H3,(H,31,32)(H,27,28,30)/t16-,17-/m1/s1. The summed E-state index contributed by atoms with van der Waals surface area (Å²) in [5.74, 6) is -1.08. The lowest BCUT2D eigenvalue weighted by atomic mass is 10.1. The number of hydrogen-bond acceptors (Lipinski definition) is 7. The van der Waals surface area contributed by atoms with Gasteiger partial charge in [-0.1, -0.05) is 19.6 Å². The zero-order chi connectivity index (χ0) is 26.0. The molecule has 1 aliphatic carbocycles. The second-order valence-corrected chi connectivity index (χ2v) is 15.7. The number of anilines is 1. The van der Waals surface area contributed by atoms with Gasteiger partial charge in [-0.05, 0) is 30.7 Å². The van der Waals surface area contributed by atoms with Crippen molar-refractivity contribution in [2.75, 3.05) is 26.1 Å². The molecule has 1 aliphatic rings. The first kappa shape index (κ1) is 25.6. The first-order chi connectivity index (χ1) is 17.1. The number of carboxylic acids is 1. The van der Waals surface area contributed by atoms with Gasteiger partial charge in [0, 0.05) is 38.0 Å². The van der Waals surface area contributed by atoms with Gasteiger partial charge in [0.15, 0.2) is 0 Å². The van der Waals surface area contributed by atoms with Crippen molar-refractivity contribution in [1.82, 2.24) is 14.5 Å². The number of amides is 1. The molecule has 2 atom stereocenters. The molecule has 3 aromatic heterocycles. The summed E-state index contributed by atoms with van der Waals surface area (Å²) in [6.07, 6.45) is 3.88. The van der Waals surface area contributed by atoms with E-state index in [1.807, 2.05) is 16.8 Å². The summed E-state index contributed by atoms with van der Waals surface area (Å²) in [6, 6.07) is 6.36. The number of carboxylic acid groups (broad SMARTS) is 1. The van der Waals surface area contributed by atoms with E-state index in [-0.39, 0.29) is 12.6 Å². The van der Waals surface area contributed by atoms with Gasteiger partial charge in [0.05, 0.1) is 31.6 Å². The van der Waals surface area contributed by atoms with Crippen LogP contribution in [0.15, 0.2) is 30.6 Å². The minimum Gasteiger partial charge on any atom is -0.496 e. The molecule has 0 aromatic carbocycles. The SMILES string of the molecule is COc1ccnc(OC)c1-c1cn(COCC[Si](C)(C)C)c2nc(NC(=O)[C@@H]3C[C@H]3C(=O)O)ccc12. The highest BCUT2D eigenvalue weighted by Gasteiger charge is 2.48. The summed E-state index contributed by atoms with van der Waals surface area (Å²) < 4.78 is 19.0. The van der Waals surface area contributed by atoms with Gasteiger partial charge in [0.1, 0.15) is 23.9 Å². The monoisotopic (exact) mass is 512 g/mol. The Morgan fingerprint density at radius 3 is 2.58 bits per heavy atom. The second kappa shape index (κ2) is 10.3. The molecule has 1 saturated carbocycles. The number of nitrogens with zero attached hydrogens (tertiary/aromatic N) is 3. The minimum absolute atomic E-state index is 0.278. The van der Waals surface area contributed by atoms with Gasteiger partial charge in [-0.2, -0.15) is 0 Å². The molecule has 4 rings (SSSR count). The van der Waals surface area contributed by atoms with E-state index in [4.69, 9.17) is 24.3 Å². The zero-order valence-corrected chi connectivity index (χ0v) is 22.2. The fraction of sp³-hybridized carbons (Fsp3) is 0.440. The van der Waals surface area contributed by atoms with Crippen LogP contribution in [0.5, 0.6) is 11.6 Å². The molecule has 192 valence electrons. The average Bonchev–Trinajstić information content (AvgIpc) is 3.58. The number of aliphatic carboxylic acids is 1. The molecule has 1 fully saturated rings. The molecule has 2 N–H and O–H groups in total. The normalized spacial score (nSPS) is 17.1. The lowest BCUT2D eigenvalue weighted by Crippen LogP contribution is -2.22. The zero-order valence-electron chi connectivity index (χ0n) is 21.2. The second-order valence-electron chi connectivity index (χ2n) is 10.1. The van der Waals surface area contributed by atoms with Gasteiger partial charge in [-0.15, -0.1) is 0 Å². The van der Waals surface area contributed by atoms with Crippen molar-refractivity contribution in [3.05, 3.63) is 30.6 Å². The highest BCUT2D eigenvalue weighted by Crippen LogP contribution is 2.42. The van der Waals surface area contributed by atoms with Crippen LogP contribution in [0.2, 0.25) is 25.7 Å². The molecule has 0 aliphatic heterocycles. The Morgan fingerprint density at radius 1 is 1.17 bits per heavy atom. The summed E-state index contributed by atoms with van der Waals surface area (Å²) in [5.41, 5.74) is 2.10. The van der Waals surface area contributed by atoms with Gasteiger partial charge < -0.3 is 29.2 Å². The Kier molecular flexibility index (Phi) is 7.32. The molecule has 3 heterocycles. The smallest absolute Gasteiger partial charge is 0.307 e. The lowest BCUT2D eigenvalue weighted by Gasteiger charge is -2.15. The molecular weight excluding hydrogens is 480 g/mol. The van der Waals surface area contributed by atoms with Crippen molar-refractivity contribution >= 4 is 36.8 Å². The molecule has 3 aromatic rings. The van der Waals surface area contributed by atoms with Gasteiger partial charge in [-0.3, -0.25) is 9.59 Å². The predicted octanol–water partition coefficient (Wildman–Crippen LogP) is 4.09. The topological polar surface area (TPSA) is 125 Å². The molecule has 11 heteroatoms. The number of rotatable bonds is 11. The molecule has 0 bridgehead atoms. The Labute approximate surface area is 210 Å². The van der Waals surface area contributed by atoms with E-state index >= 15 is 0 Å². The number of methoxy groups -OCH3 is 2. The molecule has 0 spiro atoms. The third-order valence-corrected chi connectivity index (χ3v) is 7.91. The summed E-state index contributed by atoms with van der Waals surface area (Å²) in [5, 5.41) is 12.7. The quantitative estimate of drug-likeness (QED) is 0.291. The predicted molar refractivity (Wildman–Crippen MR) is 138 cm³/mol. The number of carbonyl (C=O) groups excluding carboxylic acids is 1. The van der Waals surface area contributed by atoms with Crippen LogP contribution in [0, 0.1) is 11.8 Å². The Hall–Kier alpha value is -3.44. The van der Waals surface area contributed by atoms with E-state index in [2.05, 4.69) is 29.9 Å². The van der Waals surface area contributed by atoms with E-state index in [1.165, 1.54) is 0 Å². The van der Waals surface area contributed by atoms with E-state index in [1.54, 1.807) is 32.5 Å². The van der Waals surface area contributed by atoms with Crippen molar-refractivity contribution in [1.29, 1.82) is 0 Å². The van der Waals surface area contributed by atoms with Crippen molar-refractivity contribution in [2.24, 2.45) is 11.8 Å². The largest absolute Gasteiger partial charge is 0.496 e. The molecule has 10 nitrogen and oxygen atoms in total. The maximum Gasteiger partial charge on any atom is 0.307 e. The Morgan fingerprint density at radius 2 is 1.94 bits per heavy atom. The Balaban J connectivity index is 1.70. The maximum atomic E-state index is 12.5. The molecule has 0 unspecified atom stereocenters. The Bertz CT molecular complexity index is 1260. The third kappa shape index (κ3) is 5.52. The number of fused-ring (bicyclic) bond motifs is 1. The van der Waals surface area contributed by atoms with Crippen LogP contribution in [0.1, 0.15) is 6.42 Å². The van der Waals surface area contributed by atoms with Crippen molar-refractivity contribution < 1.29 is 28.9 Å². The number of ether oxygens (including phenoxy) is 3. The first-order valence-electron chi connectivity index (χ1n) is 11.8. The fourth-order valence-corrected chi connectivity index (χ4v) is 4.80. The van der Waals surface area contributed by atoms with Crippen LogP contribution in [-0.2, 0) is 21.1 Å². The number of pyridine rings is 2. The lowest BCUT2D eigenvalue weighted by molar-refractivity contribution is -0.139. The van der Waals surface area contributed by atoms with E-state index in [0.717, 1.165) is 17.0 Å². The van der Waals surface area contributed by atoms with E-state index in [0.29, 0.717) is 41.7 Å². The maximum absolute atomic E-state index is 12.5. The van der Waals surface area contributed by atoms with Crippen LogP contribution in [0.3, 0.4) is 0 Å². The van der Waals surface area contributed by atoms with Gasteiger partial charge in [0.25, 0.3) is 0 Å². The van der Waals surface area contributed by atoms with Crippen LogP contribution >= 0.6 is 0 Å². The highest BCUT2D eigenvalue weighted by molar-refractivity contribution is 6.76.